The third-order valence-electron chi connectivity index (χ3n) is 4.90. The molecule has 0 aliphatic carbocycles. The Morgan fingerprint density at radius 3 is 2.52 bits per heavy atom. The van der Waals surface area contributed by atoms with Crippen LogP contribution in [-0.2, 0) is 13.0 Å². The van der Waals surface area contributed by atoms with E-state index in [9.17, 15) is 13.6 Å². The number of rotatable bonds is 5. The van der Waals surface area contributed by atoms with Gasteiger partial charge < -0.3 is 9.42 Å². The van der Waals surface area contributed by atoms with Crippen molar-refractivity contribution >= 4 is 5.91 Å². The molecule has 1 aliphatic rings. The molecule has 0 atom stereocenters. The Balaban J connectivity index is 1.30. The van der Waals surface area contributed by atoms with E-state index in [4.69, 9.17) is 4.52 Å². The first-order chi connectivity index (χ1) is 14.1. The predicted octanol–water partition coefficient (Wildman–Crippen LogP) is 2.90. The van der Waals surface area contributed by atoms with Crippen LogP contribution in [0.3, 0.4) is 0 Å². The number of aromatic nitrogens is 2. The molecule has 1 fully saturated rings. The summed E-state index contributed by atoms with van der Waals surface area (Å²) in [7, 11) is 0. The number of piperazine rings is 1. The highest BCUT2D eigenvalue weighted by Gasteiger charge is 2.25. The Hall–Kier alpha value is -3.13. The summed E-state index contributed by atoms with van der Waals surface area (Å²) >= 11 is 0. The van der Waals surface area contributed by atoms with Crippen LogP contribution in [0.25, 0.3) is 0 Å². The number of nitrogens with zero attached hydrogens (tertiary/aromatic N) is 4. The Morgan fingerprint density at radius 2 is 1.79 bits per heavy atom. The van der Waals surface area contributed by atoms with Crippen molar-refractivity contribution in [3.05, 3.63) is 83.0 Å². The van der Waals surface area contributed by atoms with Crippen LogP contribution >= 0.6 is 0 Å². The van der Waals surface area contributed by atoms with Gasteiger partial charge in [0.2, 0.25) is 5.89 Å². The van der Waals surface area contributed by atoms with Crippen LogP contribution in [0, 0.1) is 11.6 Å². The van der Waals surface area contributed by atoms with E-state index in [1.807, 2.05) is 30.3 Å². The van der Waals surface area contributed by atoms with Crippen molar-refractivity contribution in [3.8, 4) is 0 Å². The molecule has 1 saturated heterocycles. The monoisotopic (exact) mass is 398 g/mol. The Morgan fingerprint density at radius 1 is 1.03 bits per heavy atom. The molecule has 0 unspecified atom stereocenters. The van der Waals surface area contributed by atoms with Crippen molar-refractivity contribution in [1.82, 2.24) is 19.9 Å². The van der Waals surface area contributed by atoms with E-state index in [0.717, 1.165) is 17.7 Å². The van der Waals surface area contributed by atoms with Gasteiger partial charge in [-0.15, -0.1) is 0 Å². The van der Waals surface area contributed by atoms with Gasteiger partial charge in [0.15, 0.2) is 5.82 Å². The summed E-state index contributed by atoms with van der Waals surface area (Å²) in [5.74, 6) is -0.804. The van der Waals surface area contributed by atoms with Crippen LogP contribution in [0.15, 0.2) is 53.1 Å². The molecule has 3 aromatic rings. The lowest BCUT2D eigenvalue weighted by molar-refractivity contribution is 0.0610. The van der Waals surface area contributed by atoms with Crippen LogP contribution in [-0.4, -0.2) is 52.0 Å². The zero-order valence-electron chi connectivity index (χ0n) is 15.7. The molecule has 29 heavy (non-hydrogen) atoms. The SMILES string of the molecule is O=C(c1ccc(F)cc1F)N1CCN(Cc2nc(Cc3ccccc3)no2)CC1. The molecule has 8 heteroatoms. The molecular weight excluding hydrogens is 378 g/mol. The van der Waals surface area contributed by atoms with Gasteiger partial charge in [-0.25, -0.2) is 8.78 Å². The minimum absolute atomic E-state index is 0.109. The molecule has 0 bridgehead atoms. The van der Waals surface area contributed by atoms with Gasteiger partial charge in [-0.2, -0.15) is 4.98 Å². The van der Waals surface area contributed by atoms with Crippen molar-refractivity contribution in [2.24, 2.45) is 0 Å². The average molecular weight is 398 g/mol. The third kappa shape index (κ3) is 4.65. The molecule has 1 amide bonds. The van der Waals surface area contributed by atoms with E-state index in [2.05, 4.69) is 15.0 Å². The van der Waals surface area contributed by atoms with Crippen LogP contribution in [0.4, 0.5) is 8.78 Å². The lowest BCUT2D eigenvalue weighted by Gasteiger charge is -2.34. The molecule has 1 aromatic heterocycles. The molecule has 0 spiro atoms. The molecule has 150 valence electrons. The number of carbonyl (C=O) groups is 1. The summed E-state index contributed by atoms with van der Waals surface area (Å²) in [6.45, 7) is 2.59. The fraction of sp³-hybridized carbons (Fsp3) is 0.286. The summed E-state index contributed by atoms with van der Waals surface area (Å²) in [6.07, 6.45) is 0.607. The molecule has 6 nitrogen and oxygen atoms in total. The zero-order valence-corrected chi connectivity index (χ0v) is 15.7. The highest BCUT2D eigenvalue weighted by atomic mass is 19.1. The predicted molar refractivity (Wildman–Crippen MR) is 101 cm³/mol. The fourth-order valence-electron chi connectivity index (χ4n) is 3.34. The molecule has 0 radical (unpaired) electrons. The number of benzene rings is 2. The fourth-order valence-corrected chi connectivity index (χ4v) is 3.34. The summed E-state index contributed by atoms with van der Waals surface area (Å²) in [4.78, 5) is 20.6. The second kappa shape index (κ2) is 8.48. The number of carbonyl (C=O) groups excluding carboxylic acids is 1. The Kier molecular flexibility index (Phi) is 5.62. The number of hydrogen-bond acceptors (Lipinski definition) is 5. The maximum atomic E-state index is 13.9. The first-order valence-corrected chi connectivity index (χ1v) is 9.40. The van der Waals surface area contributed by atoms with E-state index < -0.39 is 17.5 Å². The van der Waals surface area contributed by atoms with Gasteiger partial charge in [-0.05, 0) is 17.7 Å². The van der Waals surface area contributed by atoms with Gasteiger partial charge in [-0.3, -0.25) is 9.69 Å². The van der Waals surface area contributed by atoms with Gasteiger partial charge in [0, 0.05) is 38.7 Å². The molecule has 2 aromatic carbocycles. The molecule has 4 rings (SSSR count). The summed E-state index contributed by atoms with van der Waals surface area (Å²) in [5, 5.41) is 4.03. The van der Waals surface area contributed by atoms with Gasteiger partial charge in [0.05, 0.1) is 12.1 Å². The van der Waals surface area contributed by atoms with Crippen molar-refractivity contribution in [2.45, 2.75) is 13.0 Å². The van der Waals surface area contributed by atoms with Crippen LogP contribution < -0.4 is 0 Å². The van der Waals surface area contributed by atoms with Gasteiger partial charge >= 0.3 is 0 Å². The number of halogens is 2. The van der Waals surface area contributed by atoms with E-state index in [1.54, 1.807) is 4.90 Å². The van der Waals surface area contributed by atoms with Crippen LogP contribution in [0.2, 0.25) is 0 Å². The molecular formula is C21H20F2N4O2. The topological polar surface area (TPSA) is 62.5 Å². The maximum absolute atomic E-state index is 13.9. The normalized spacial score (nSPS) is 14.9. The van der Waals surface area contributed by atoms with Crippen molar-refractivity contribution in [1.29, 1.82) is 0 Å². The van der Waals surface area contributed by atoms with Crippen molar-refractivity contribution in [2.75, 3.05) is 26.2 Å². The van der Waals surface area contributed by atoms with E-state index >= 15 is 0 Å². The summed E-state index contributed by atoms with van der Waals surface area (Å²) in [6, 6.07) is 12.9. The van der Waals surface area contributed by atoms with Crippen LogP contribution in [0.5, 0.6) is 0 Å². The summed E-state index contributed by atoms with van der Waals surface area (Å²) in [5.41, 5.74) is 1.00. The highest BCUT2D eigenvalue weighted by Crippen LogP contribution is 2.15. The third-order valence-corrected chi connectivity index (χ3v) is 4.90. The Bertz CT molecular complexity index is 985. The molecule has 0 N–H and O–H groups in total. The number of hydrogen-bond donors (Lipinski definition) is 0. The van der Waals surface area contributed by atoms with E-state index in [1.165, 1.54) is 6.07 Å². The lowest BCUT2D eigenvalue weighted by Crippen LogP contribution is -2.48. The van der Waals surface area contributed by atoms with Gasteiger partial charge in [-0.1, -0.05) is 35.5 Å². The summed E-state index contributed by atoms with van der Waals surface area (Å²) < 4.78 is 32.2. The second-order valence-corrected chi connectivity index (χ2v) is 6.96. The Labute approximate surface area is 166 Å². The largest absolute Gasteiger partial charge is 0.338 e. The minimum Gasteiger partial charge on any atom is -0.338 e. The smallest absolute Gasteiger partial charge is 0.256 e. The van der Waals surface area contributed by atoms with Gasteiger partial charge in [0.1, 0.15) is 11.6 Å². The van der Waals surface area contributed by atoms with Crippen molar-refractivity contribution in [3.63, 3.8) is 0 Å². The molecule has 0 saturated carbocycles. The van der Waals surface area contributed by atoms with Crippen molar-refractivity contribution < 1.29 is 18.1 Å². The maximum Gasteiger partial charge on any atom is 0.256 e. The van der Waals surface area contributed by atoms with Crippen LogP contribution in [0.1, 0.15) is 27.6 Å². The standard InChI is InChI=1S/C21H20F2N4O2/c22-16-6-7-17(18(23)13-16)21(28)27-10-8-26(9-11-27)14-20-24-19(25-29-20)12-15-4-2-1-3-5-15/h1-7,13H,8-12,14H2. The van der Waals surface area contributed by atoms with E-state index in [0.29, 0.717) is 50.9 Å². The molecule has 1 aliphatic heterocycles. The van der Waals surface area contributed by atoms with E-state index in [-0.39, 0.29) is 5.56 Å². The zero-order chi connectivity index (χ0) is 20.2. The second-order valence-electron chi connectivity index (χ2n) is 6.96. The quantitative estimate of drug-likeness (QED) is 0.661. The lowest BCUT2D eigenvalue weighted by atomic mass is 10.1. The molecule has 2 heterocycles. The average Bonchev–Trinajstić information content (AvgIpc) is 3.15. The highest BCUT2D eigenvalue weighted by molar-refractivity contribution is 5.94. The first-order valence-electron chi connectivity index (χ1n) is 9.40. The number of amides is 1. The van der Waals surface area contributed by atoms with Gasteiger partial charge in [0.25, 0.3) is 5.91 Å². The first kappa shape index (κ1) is 19.2. The minimum atomic E-state index is -0.839.